The highest BCUT2D eigenvalue weighted by molar-refractivity contribution is 5.95. The Bertz CT molecular complexity index is 810. The molecule has 4 rings (SSSR count). The molecule has 1 saturated heterocycles. The predicted molar refractivity (Wildman–Crippen MR) is 99.6 cm³/mol. The molecule has 2 aliphatic heterocycles. The molecule has 4 heterocycles. The van der Waals surface area contributed by atoms with E-state index in [1.165, 1.54) is 0 Å². The fraction of sp³-hybridized carbons (Fsp3) is 0.579. The number of likely N-dealkylation sites (tertiary alicyclic amines) is 1. The summed E-state index contributed by atoms with van der Waals surface area (Å²) < 4.78 is 8.00. The lowest BCUT2D eigenvalue weighted by atomic mass is 9.95. The van der Waals surface area contributed by atoms with Gasteiger partial charge in [-0.1, -0.05) is 0 Å². The van der Waals surface area contributed by atoms with E-state index < -0.39 is 0 Å². The van der Waals surface area contributed by atoms with Crippen LogP contribution in [0.5, 0.6) is 5.75 Å². The van der Waals surface area contributed by atoms with E-state index in [-0.39, 0.29) is 12.0 Å². The first-order valence-corrected chi connectivity index (χ1v) is 9.67. The van der Waals surface area contributed by atoms with Gasteiger partial charge in [-0.3, -0.25) is 4.79 Å². The number of nitrogens with zero attached hydrogens (tertiary/aromatic N) is 5. The molecule has 0 aromatic carbocycles. The van der Waals surface area contributed by atoms with Crippen LogP contribution in [0.4, 0.5) is 0 Å². The van der Waals surface area contributed by atoms with Crippen molar-refractivity contribution in [1.29, 1.82) is 0 Å². The monoisotopic (exact) mass is 370 g/mol. The number of amides is 1. The van der Waals surface area contributed by atoms with Crippen LogP contribution in [-0.4, -0.2) is 56.3 Å². The zero-order valence-electron chi connectivity index (χ0n) is 15.9. The molecule has 1 amide bonds. The van der Waals surface area contributed by atoms with Crippen molar-refractivity contribution in [1.82, 2.24) is 30.0 Å². The van der Waals surface area contributed by atoms with Crippen LogP contribution in [0.15, 0.2) is 18.3 Å². The fourth-order valence-electron chi connectivity index (χ4n) is 3.81. The van der Waals surface area contributed by atoms with E-state index in [4.69, 9.17) is 4.74 Å². The summed E-state index contributed by atoms with van der Waals surface area (Å²) in [7, 11) is 0. The molecule has 0 unspecified atom stereocenters. The van der Waals surface area contributed by atoms with Crippen molar-refractivity contribution in [2.24, 2.45) is 0 Å². The number of carbonyl (C=O) groups is 1. The Morgan fingerprint density at radius 2 is 2.07 bits per heavy atom. The number of carbonyl (C=O) groups excluding carboxylic acids is 1. The molecule has 8 heteroatoms. The fourth-order valence-corrected chi connectivity index (χ4v) is 3.81. The van der Waals surface area contributed by atoms with Crippen molar-refractivity contribution in [3.8, 4) is 5.75 Å². The molecular formula is C19H26N6O2. The number of ether oxygens (including phenoxy) is 1. The summed E-state index contributed by atoms with van der Waals surface area (Å²) in [5.41, 5.74) is 0.399. The summed E-state index contributed by atoms with van der Waals surface area (Å²) in [4.78, 5) is 19.1. The molecule has 0 bridgehead atoms. The Balaban J connectivity index is 1.44. The molecular weight excluding hydrogens is 344 g/mol. The molecule has 144 valence electrons. The Morgan fingerprint density at radius 1 is 1.26 bits per heavy atom. The summed E-state index contributed by atoms with van der Waals surface area (Å²) >= 11 is 0. The van der Waals surface area contributed by atoms with Gasteiger partial charge in [0.05, 0.1) is 12.6 Å². The van der Waals surface area contributed by atoms with Gasteiger partial charge in [-0.15, -0.1) is 10.2 Å². The Labute approximate surface area is 158 Å². The van der Waals surface area contributed by atoms with Gasteiger partial charge in [-0.25, -0.2) is 4.98 Å². The van der Waals surface area contributed by atoms with Crippen LogP contribution in [0.25, 0.3) is 0 Å². The van der Waals surface area contributed by atoms with E-state index in [1.807, 2.05) is 24.8 Å². The molecule has 0 atom stereocenters. The molecule has 2 aromatic rings. The minimum absolute atomic E-state index is 0.0000860. The lowest BCUT2D eigenvalue weighted by molar-refractivity contribution is 0.0697. The van der Waals surface area contributed by atoms with Gasteiger partial charge >= 0.3 is 0 Å². The number of aromatic nitrogens is 4. The molecule has 27 heavy (non-hydrogen) atoms. The Morgan fingerprint density at radius 3 is 2.85 bits per heavy atom. The van der Waals surface area contributed by atoms with Crippen molar-refractivity contribution in [2.45, 2.75) is 51.8 Å². The van der Waals surface area contributed by atoms with Crippen LogP contribution in [0.2, 0.25) is 0 Å². The maximum atomic E-state index is 13.0. The van der Waals surface area contributed by atoms with E-state index in [0.717, 1.165) is 44.1 Å². The number of fused-ring (bicyclic) bond motifs is 1. The summed E-state index contributed by atoms with van der Waals surface area (Å²) in [6.07, 6.45) is 3.43. The Hall–Kier alpha value is -2.48. The number of hydrogen-bond donors (Lipinski definition) is 1. The normalized spacial score (nSPS) is 17.8. The third kappa shape index (κ3) is 3.66. The maximum absolute atomic E-state index is 13.0. The highest BCUT2D eigenvalue weighted by Crippen LogP contribution is 2.29. The van der Waals surface area contributed by atoms with Gasteiger partial charge in [-0.2, -0.15) is 0 Å². The van der Waals surface area contributed by atoms with Gasteiger partial charge in [0, 0.05) is 38.3 Å². The van der Waals surface area contributed by atoms with E-state index in [2.05, 4.69) is 25.1 Å². The van der Waals surface area contributed by atoms with Gasteiger partial charge in [0.15, 0.2) is 11.4 Å². The first-order valence-electron chi connectivity index (χ1n) is 9.67. The van der Waals surface area contributed by atoms with E-state index in [1.54, 1.807) is 12.3 Å². The summed E-state index contributed by atoms with van der Waals surface area (Å²) in [5.74, 6) is 2.93. The molecule has 2 aliphatic rings. The van der Waals surface area contributed by atoms with Crippen LogP contribution >= 0.6 is 0 Å². The lowest BCUT2D eigenvalue weighted by Crippen LogP contribution is -2.39. The first kappa shape index (κ1) is 17.9. The van der Waals surface area contributed by atoms with Crippen molar-refractivity contribution >= 4 is 5.91 Å². The zero-order valence-corrected chi connectivity index (χ0v) is 15.9. The van der Waals surface area contributed by atoms with Gasteiger partial charge < -0.3 is 19.5 Å². The highest BCUT2D eigenvalue weighted by atomic mass is 16.5. The molecule has 0 saturated carbocycles. The highest BCUT2D eigenvalue weighted by Gasteiger charge is 2.30. The number of piperidine rings is 1. The zero-order chi connectivity index (χ0) is 18.8. The third-order valence-corrected chi connectivity index (χ3v) is 5.13. The van der Waals surface area contributed by atoms with Crippen molar-refractivity contribution < 1.29 is 9.53 Å². The quantitative estimate of drug-likeness (QED) is 0.880. The molecule has 1 fully saturated rings. The Kier molecular flexibility index (Phi) is 5.07. The van der Waals surface area contributed by atoms with E-state index in [0.29, 0.717) is 30.5 Å². The second-order valence-electron chi connectivity index (χ2n) is 7.39. The second kappa shape index (κ2) is 7.64. The minimum atomic E-state index is -0.0582. The lowest BCUT2D eigenvalue weighted by Gasteiger charge is -2.32. The van der Waals surface area contributed by atoms with Crippen LogP contribution < -0.4 is 10.1 Å². The number of pyridine rings is 1. The molecule has 1 N–H and O–H groups in total. The third-order valence-electron chi connectivity index (χ3n) is 5.13. The van der Waals surface area contributed by atoms with Crippen LogP contribution in [-0.2, 0) is 13.1 Å². The van der Waals surface area contributed by atoms with Crippen molar-refractivity contribution in [3.63, 3.8) is 0 Å². The molecule has 0 aliphatic carbocycles. The van der Waals surface area contributed by atoms with Crippen LogP contribution in [0, 0.1) is 0 Å². The topological polar surface area (TPSA) is 85.2 Å². The largest absolute Gasteiger partial charge is 0.489 e. The van der Waals surface area contributed by atoms with Gasteiger partial charge in [0.1, 0.15) is 11.6 Å². The SMILES string of the molecule is CC(C)Oc1cccnc1C(=O)N1CCC(c2nnc3n2CCNC3)CC1. The first-order chi connectivity index (χ1) is 13.1. The number of nitrogens with one attached hydrogen (secondary N) is 1. The summed E-state index contributed by atoms with van der Waals surface area (Å²) in [6, 6.07) is 3.60. The van der Waals surface area contributed by atoms with E-state index in [9.17, 15) is 4.79 Å². The van der Waals surface area contributed by atoms with Crippen LogP contribution in [0.3, 0.4) is 0 Å². The average molecular weight is 370 g/mol. The number of rotatable bonds is 4. The maximum Gasteiger partial charge on any atom is 0.276 e. The number of hydrogen-bond acceptors (Lipinski definition) is 6. The minimum Gasteiger partial charge on any atom is -0.489 e. The standard InChI is InChI=1S/C19H26N6O2/c1-13(2)27-15-4-3-7-21-17(15)19(26)24-9-5-14(6-10-24)18-23-22-16-12-20-8-11-25(16)18/h3-4,7,13-14,20H,5-6,8-12H2,1-2H3. The second-order valence-corrected chi connectivity index (χ2v) is 7.39. The van der Waals surface area contributed by atoms with Crippen molar-refractivity contribution in [3.05, 3.63) is 35.7 Å². The smallest absolute Gasteiger partial charge is 0.276 e. The molecule has 8 nitrogen and oxygen atoms in total. The molecule has 2 aromatic heterocycles. The molecule has 0 radical (unpaired) electrons. The van der Waals surface area contributed by atoms with Gasteiger partial charge in [0.25, 0.3) is 5.91 Å². The molecule has 0 spiro atoms. The van der Waals surface area contributed by atoms with Crippen LogP contribution in [0.1, 0.15) is 54.7 Å². The summed E-state index contributed by atoms with van der Waals surface area (Å²) in [6.45, 7) is 7.93. The predicted octanol–water partition coefficient (Wildman–Crippen LogP) is 1.58. The average Bonchev–Trinajstić information content (AvgIpc) is 3.12. The van der Waals surface area contributed by atoms with E-state index >= 15 is 0 Å². The van der Waals surface area contributed by atoms with Gasteiger partial charge in [0.2, 0.25) is 0 Å². The van der Waals surface area contributed by atoms with Crippen molar-refractivity contribution in [2.75, 3.05) is 19.6 Å². The van der Waals surface area contributed by atoms with Gasteiger partial charge in [-0.05, 0) is 38.8 Å². The summed E-state index contributed by atoms with van der Waals surface area (Å²) in [5, 5.41) is 12.1.